The van der Waals surface area contributed by atoms with Crippen molar-refractivity contribution in [2.45, 2.75) is 24.7 Å². The third-order valence-corrected chi connectivity index (χ3v) is 1.32. The van der Waals surface area contributed by atoms with Crippen LogP contribution in [0.5, 0.6) is 0 Å². The van der Waals surface area contributed by atoms with Gasteiger partial charge in [0.05, 0.1) is 0 Å². The second kappa shape index (κ2) is 4.42. The highest BCUT2D eigenvalue weighted by Crippen LogP contribution is 2.28. The minimum absolute atomic E-state index is 0.624. The number of allylic oxidation sites excluding steroid dienone is 1. The van der Waals surface area contributed by atoms with Gasteiger partial charge in [-0.2, -0.15) is 0 Å². The highest BCUT2D eigenvalue weighted by atomic mass is 19.3. The molecule has 0 aliphatic rings. The third-order valence-electron chi connectivity index (χ3n) is 1.32. The second-order valence-electron chi connectivity index (χ2n) is 2.34. The van der Waals surface area contributed by atoms with E-state index in [1.807, 2.05) is 0 Å². The predicted molar refractivity (Wildman–Crippen MR) is 35.5 cm³/mol. The Morgan fingerprint density at radius 1 is 1.33 bits per heavy atom. The van der Waals surface area contributed by atoms with Crippen molar-refractivity contribution in [1.82, 2.24) is 0 Å². The maximum absolute atomic E-state index is 12.4. The van der Waals surface area contributed by atoms with Gasteiger partial charge >= 0.3 is 0 Å². The van der Waals surface area contributed by atoms with Gasteiger partial charge in [0.15, 0.2) is 6.17 Å². The standard InChI is InChI=1S/C7H9F5/c1-2-5(9)3-7(11,12)6(10)4-8/h2,5-6H,1,3-4H2. The highest BCUT2D eigenvalue weighted by molar-refractivity contribution is 4.87. The molecule has 0 saturated heterocycles. The van der Waals surface area contributed by atoms with Crippen molar-refractivity contribution in [2.75, 3.05) is 6.67 Å². The van der Waals surface area contributed by atoms with Crippen LogP contribution >= 0.6 is 0 Å². The van der Waals surface area contributed by atoms with Crippen LogP contribution in [0.25, 0.3) is 0 Å². The lowest BCUT2D eigenvalue weighted by molar-refractivity contribution is -0.0938. The largest absolute Gasteiger partial charge is 0.284 e. The van der Waals surface area contributed by atoms with Crippen molar-refractivity contribution < 1.29 is 22.0 Å². The quantitative estimate of drug-likeness (QED) is 0.459. The van der Waals surface area contributed by atoms with Crippen LogP contribution in [0, 0.1) is 0 Å². The zero-order valence-electron chi connectivity index (χ0n) is 6.24. The Balaban J connectivity index is 4.10. The topological polar surface area (TPSA) is 0 Å². The molecule has 0 rings (SSSR count). The summed E-state index contributed by atoms with van der Waals surface area (Å²) in [6.07, 6.45) is -5.68. The Hall–Kier alpha value is -0.610. The van der Waals surface area contributed by atoms with Gasteiger partial charge in [-0.15, -0.1) is 6.58 Å². The lowest BCUT2D eigenvalue weighted by atomic mass is 10.1. The average molecular weight is 188 g/mol. The summed E-state index contributed by atoms with van der Waals surface area (Å²) in [5, 5.41) is 0. The second-order valence-corrected chi connectivity index (χ2v) is 2.34. The van der Waals surface area contributed by atoms with Gasteiger partial charge in [-0.25, -0.2) is 22.0 Å². The van der Waals surface area contributed by atoms with E-state index in [1.165, 1.54) is 0 Å². The Morgan fingerprint density at radius 2 is 1.83 bits per heavy atom. The van der Waals surface area contributed by atoms with Crippen LogP contribution in [-0.2, 0) is 0 Å². The molecular formula is C7H9F5. The maximum Gasteiger partial charge on any atom is 0.284 e. The SMILES string of the molecule is C=CC(F)CC(F)(F)C(F)CF. The average Bonchev–Trinajstić information content (AvgIpc) is 2.02. The predicted octanol–water partition coefficient (Wildman–Crippen LogP) is 2.84. The summed E-state index contributed by atoms with van der Waals surface area (Å²) in [6.45, 7) is 1.10. The number of hydrogen-bond acceptors (Lipinski definition) is 0. The molecule has 0 fully saturated rings. The molecule has 0 amide bonds. The molecule has 0 aromatic carbocycles. The molecule has 2 atom stereocenters. The van der Waals surface area contributed by atoms with E-state index in [9.17, 15) is 22.0 Å². The van der Waals surface area contributed by atoms with Crippen molar-refractivity contribution in [3.63, 3.8) is 0 Å². The first-order chi connectivity index (χ1) is 5.44. The van der Waals surface area contributed by atoms with Gasteiger partial charge in [-0.3, -0.25) is 0 Å². The summed E-state index contributed by atoms with van der Waals surface area (Å²) < 4.78 is 60.5. The van der Waals surface area contributed by atoms with Gasteiger partial charge in [-0.05, 0) is 0 Å². The molecule has 0 aliphatic carbocycles. The lowest BCUT2D eigenvalue weighted by Crippen LogP contribution is -2.34. The normalized spacial score (nSPS) is 17.1. The smallest absolute Gasteiger partial charge is 0.248 e. The molecular weight excluding hydrogens is 179 g/mol. The Morgan fingerprint density at radius 3 is 2.17 bits per heavy atom. The number of halogens is 5. The first kappa shape index (κ1) is 11.4. The zero-order chi connectivity index (χ0) is 9.78. The molecule has 0 aliphatic heterocycles. The Bertz CT molecular complexity index is 145. The molecule has 0 heterocycles. The summed E-state index contributed by atoms with van der Waals surface area (Å²) in [5.41, 5.74) is 0. The van der Waals surface area contributed by atoms with Gasteiger partial charge < -0.3 is 0 Å². The molecule has 12 heavy (non-hydrogen) atoms. The highest BCUT2D eigenvalue weighted by Gasteiger charge is 2.41. The zero-order valence-corrected chi connectivity index (χ0v) is 6.24. The minimum atomic E-state index is -3.96. The molecule has 0 radical (unpaired) electrons. The van der Waals surface area contributed by atoms with E-state index in [-0.39, 0.29) is 0 Å². The molecule has 72 valence electrons. The van der Waals surface area contributed by atoms with Crippen LogP contribution in [0.15, 0.2) is 12.7 Å². The fourth-order valence-electron chi connectivity index (χ4n) is 0.584. The van der Waals surface area contributed by atoms with Gasteiger partial charge in [-0.1, -0.05) is 6.08 Å². The van der Waals surface area contributed by atoms with E-state index in [1.54, 1.807) is 0 Å². The summed E-state index contributed by atoms with van der Waals surface area (Å²) in [6, 6.07) is 0. The fraction of sp³-hybridized carbons (Fsp3) is 0.714. The van der Waals surface area contributed by atoms with Crippen molar-refractivity contribution in [1.29, 1.82) is 0 Å². The van der Waals surface area contributed by atoms with Crippen molar-refractivity contribution in [2.24, 2.45) is 0 Å². The van der Waals surface area contributed by atoms with Crippen LogP contribution in [0.1, 0.15) is 6.42 Å². The summed E-state index contributed by atoms with van der Waals surface area (Å²) >= 11 is 0. The fourth-order valence-corrected chi connectivity index (χ4v) is 0.584. The van der Waals surface area contributed by atoms with E-state index >= 15 is 0 Å². The van der Waals surface area contributed by atoms with Crippen LogP contribution in [-0.4, -0.2) is 24.9 Å². The number of rotatable bonds is 5. The van der Waals surface area contributed by atoms with E-state index in [2.05, 4.69) is 6.58 Å². The molecule has 0 N–H and O–H groups in total. The first-order valence-electron chi connectivity index (χ1n) is 3.28. The summed E-state index contributed by atoms with van der Waals surface area (Å²) in [4.78, 5) is 0. The van der Waals surface area contributed by atoms with Gasteiger partial charge in [0.25, 0.3) is 5.92 Å². The lowest BCUT2D eigenvalue weighted by Gasteiger charge is -2.18. The minimum Gasteiger partial charge on any atom is -0.248 e. The molecule has 0 bridgehead atoms. The van der Waals surface area contributed by atoms with E-state index in [0.717, 1.165) is 0 Å². The summed E-state index contributed by atoms with van der Waals surface area (Å²) in [7, 11) is 0. The Kier molecular flexibility index (Phi) is 4.20. The van der Waals surface area contributed by atoms with Crippen LogP contribution in [0.2, 0.25) is 0 Å². The van der Waals surface area contributed by atoms with Crippen molar-refractivity contribution in [3.05, 3.63) is 12.7 Å². The van der Waals surface area contributed by atoms with Crippen molar-refractivity contribution >= 4 is 0 Å². The summed E-state index contributed by atoms with van der Waals surface area (Å²) in [5.74, 6) is -3.96. The molecule has 2 unspecified atom stereocenters. The third kappa shape index (κ3) is 3.19. The Labute approximate surface area is 67.1 Å². The molecule has 0 aromatic rings. The molecule has 0 nitrogen and oxygen atoms in total. The number of hydrogen-bond donors (Lipinski definition) is 0. The molecule has 0 saturated carbocycles. The van der Waals surface area contributed by atoms with Crippen LogP contribution in [0.3, 0.4) is 0 Å². The van der Waals surface area contributed by atoms with Crippen molar-refractivity contribution in [3.8, 4) is 0 Å². The maximum atomic E-state index is 12.4. The van der Waals surface area contributed by atoms with Gasteiger partial charge in [0.1, 0.15) is 12.8 Å². The van der Waals surface area contributed by atoms with Crippen LogP contribution in [0.4, 0.5) is 22.0 Å². The first-order valence-corrected chi connectivity index (χ1v) is 3.28. The van der Waals surface area contributed by atoms with E-state index < -0.39 is 31.4 Å². The van der Waals surface area contributed by atoms with E-state index in [4.69, 9.17) is 0 Å². The van der Waals surface area contributed by atoms with E-state index in [0.29, 0.717) is 6.08 Å². The molecule has 5 heteroatoms. The van der Waals surface area contributed by atoms with Gasteiger partial charge in [0, 0.05) is 6.42 Å². The molecule has 0 aromatic heterocycles. The monoisotopic (exact) mass is 188 g/mol. The number of alkyl halides is 5. The molecule has 0 spiro atoms. The van der Waals surface area contributed by atoms with Gasteiger partial charge in [0.2, 0.25) is 0 Å². The van der Waals surface area contributed by atoms with Crippen LogP contribution < -0.4 is 0 Å².